The van der Waals surface area contributed by atoms with Gasteiger partial charge in [-0.1, -0.05) is 0 Å². The van der Waals surface area contributed by atoms with Gasteiger partial charge in [0.25, 0.3) is 0 Å². The Balaban J connectivity index is 4.60. The molecule has 22 heavy (non-hydrogen) atoms. The van der Waals surface area contributed by atoms with Crippen molar-refractivity contribution in [3.8, 4) is 0 Å². The number of hydrogen-bond donors (Lipinski definition) is 8. The maximum atomic E-state index is 11.0. The van der Waals surface area contributed by atoms with Crippen LogP contribution in [0, 0.1) is 0 Å². The molecule has 0 heterocycles. The summed E-state index contributed by atoms with van der Waals surface area (Å²) >= 11 is 0. The van der Waals surface area contributed by atoms with Crippen molar-refractivity contribution in [1.29, 1.82) is 0 Å². The molecule has 0 aromatic carbocycles. The van der Waals surface area contributed by atoms with Gasteiger partial charge in [-0.15, -0.1) is 0 Å². The zero-order valence-corrected chi connectivity index (χ0v) is 12.5. The molecule has 8 N–H and O–H groups in total. The fourth-order valence-corrected chi connectivity index (χ4v) is 2.73. The summed E-state index contributed by atoms with van der Waals surface area (Å²) in [5.74, 6) is -1.27. The van der Waals surface area contributed by atoms with Crippen molar-refractivity contribution in [1.82, 2.24) is 0 Å². The number of phosphoric acid groups is 2. The van der Waals surface area contributed by atoms with Crippen LogP contribution in [0.25, 0.3) is 0 Å². The summed E-state index contributed by atoms with van der Waals surface area (Å²) in [7, 11) is -10.6. The summed E-state index contributed by atoms with van der Waals surface area (Å²) < 4.78 is 28.7. The number of carbonyl (C=O) groups excluding carboxylic acids is 1. The lowest BCUT2D eigenvalue weighted by Crippen LogP contribution is -2.49. The first-order valence-electron chi connectivity index (χ1n) is 5.41. The summed E-state index contributed by atoms with van der Waals surface area (Å²) in [5.41, 5.74) is 0. The van der Waals surface area contributed by atoms with Gasteiger partial charge in [0.2, 0.25) is 0 Å². The van der Waals surface area contributed by atoms with Crippen LogP contribution in [-0.2, 0) is 22.8 Å². The first-order chi connectivity index (χ1) is 9.80. The molecule has 5 atom stereocenters. The minimum absolute atomic E-state index is 1.15. The van der Waals surface area contributed by atoms with E-state index in [-0.39, 0.29) is 0 Å². The second-order valence-corrected chi connectivity index (χ2v) is 6.78. The van der Waals surface area contributed by atoms with Crippen LogP contribution in [0.4, 0.5) is 0 Å². The van der Waals surface area contributed by atoms with Crippen LogP contribution >= 0.6 is 15.6 Å². The summed E-state index contributed by atoms with van der Waals surface area (Å²) in [6.07, 6.45) is -8.90. The van der Waals surface area contributed by atoms with Gasteiger partial charge in [0.15, 0.2) is 5.78 Å². The van der Waals surface area contributed by atoms with Gasteiger partial charge < -0.3 is 40.2 Å². The Morgan fingerprint density at radius 2 is 1.50 bits per heavy atom. The van der Waals surface area contributed by atoms with Crippen LogP contribution in [0.2, 0.25) is 0 Å². The number of hydrogen-bond acceptors (Lipinski definition) is 10. The molecular formula is C7H16O13P2. The normalized spacial score (nSPS) is 20.7. The minimum atomic E-state index is -5.37. The van der Waals surface area contributed by atoms with Crippen molar-refractivity contribution in [3.63, 3.8) is 0 Å². The molecule has 0 aromatic rings. The highest BCUT2D eigenvalue weighted by atomic mass is 31.3. The number of aliphatic hydroxyl groups excluding tert-OH is 5. The molecule has 0 bridgehead atoms. The number of phosphoric ester groups is 1. The van der Waals surface area contributed by atoms with Gasteiger partial charge in [-0.05, 0) is 0 Å². The summed E-state index contributed by atoms with van der Waals surface area (Å²) in [6.45, 7) is -2.40. The third kappa shape index (κ3) is 7.83. The molecule has 0 aliphatic rings. The van der Waals surface area contributed by atoms with E-state index in [9.17, 15) is 34.4 Å². The topological polar surface area (TPSA) is 232 Å². The first kappa shape index (κ1) is 21.7. The van der Waals surface area contributed by atoms with Crippen LogP contribution in [0.1, 0.15) is 0 Å². The second-order valence-electron chi connectivity index (χ2n) is 3.95. The molecule has 0 aromatic heterocycles. The van der Waals surface area contributed by atoms with Crippen LogP contribution in [-0.4, -0.2) is 83.6 Å². The van der Waals surface area contributed by atoms with E-state index in [1.165, 1.54) is 0 Å². The third-order valence-electron chi connectivity index (χ3n) is 2.17. The van der Waals surface area contributed by atoms with Crippen LogP contribution < -0.4 is 0 Å². The first-order valence-corrected chi connectivity index (χ1v) is 8.43. The number of ketones is 1. The quantitative estimate of drug-likeness (QED) is 0.173. The molecule has 0 spiro atoms. The number of aliphatic hydroxyl groups is 5. The number of rotatable bonds is 10. The van der Waals surface area contributed by atoms with Crippen molar-refractivity contribution < 1.29 is 63.0 Å². The van der Waals surface area contributed by atoms with E-state index in [0.717, 1.165) is 0 Å². The molecule has 0 saturated heterocycles. The maximum absolute atomic E-state index is 11.0. The monoisotopic (exact) mass is 370 g/mol. The van der Waals surface area contributed by atoms with E-state index in [0.29, 0.717) is 0 Å². The molecule has 15 heteroatoms. The van der Waals surface area contributed by atoms with Crippen molar-refractivity contribution in [3.05, 3.63) is 0 Å². The van der Waals surface area contributed by atoms with Gasteiger partial charge in [-0.3, -0.25) is 9.32 Å². The average Bonchev–Trinajstić information content (AvgIpc) is 2.38. The smallest absolute Gasteiger partial charge is 0.388 e. The van der Waals surface area contributed by atoms with Crippen molar-refractivity contribution in [2.45, 2.75) is 24.4 Å². The molecular weight excluding hydrogens is 354 g/mol. The Morgan fingerprint density at radius 1 is 1.00 bits per heavy atom. The summed E-state index contributed by atoms with van der Waals surface area (Å²) in [4.78, 5) is 36.4. The van der Waals surface area contributed by atoms with Crippen LogP contribution in [0.3, 0.4) is 0 Å². The fraction of sp³-hybridized carbons (Fsp3) is 0.857. The minimum Gasteiger partial charge on any atom is -0.388 e. The molecule has 0 fully saturated rings. The van der Waals surface area contributed by atoms with Gasteiger partial charge in [0.1, 0.15) is 31.0 Å². The lowest BCUT2D eigenvalue weighted by Gasteiger charge is -2.25. The zero-order chi connectivity index (χ0) is 17.7. The lowest BCUT2D eigenvalue weighted by atomic mass is 10.0. The predicted octanol–water partition coefficient (Wildman–Crippen LogP) is -3.78. The van der Waals surface area contributed by atoms with E-state index in [1.807, 2.05) is 0 Å². The van der Waals surface area contributed by atoms with Crippen molar-refractivity contribution in [2.24, 2.45) is 0 Å². The highest BCUT2D eigenvalue weighted by Gasteiger charge is 2.37. The molecule has 13 nitrogen and oxygen atoms in total. The molecule has 0 aliphatic heterocycles. The lowest BCUT2D eigenvalue weighted by molar-refractivity contribution is -0.149. The Labute approximate surface area is 123 Å². The Bertz CT molecular complexity index is 459. The van der Waals surface area contributed by atoms with E-state index in [2.05, 4.69) is 8.83 Å². The summed E-state index contributed by atoms with van der Waals surface area (Å²) in [5, 5.41) is 45.7. The standard InChI is InChI=1S/C7H16O13P2/c8-1-3(9)5(11)7(13)6(12)4(10)2-19-22(17,18)20-21(14,15)16/h4-8,10-13H,1-2H2,(H,17,18)(H2,14,15,16)/t4-,5-,6+,7+/m1/s1. The van der Waals surface area contributed by atoms with E-state index < -0.39 is 59.1 Å². The van der Waals surface area contributed by atoms with E-state index >= 15 is 0 Å². The Morgan fingerprint density at radius 3 is 1.91 bits per heavy atom. The largest absolute Gasteiger partial charge is 0.481 e. The molecule has 0 radical (unpaired) electrons. The summed E-state index contributed by atoms with van der Waals surface area (Å²) in [6, 6.07) is 0. The number of carbonyl (C=O) groups is 1. The second kappa shape index (κ2) is 8.55. The van der Waals surface area contributed by atoms with Gasteiger partial charge in [-0.2, -0.15) is 4.31 Å². The van der Waals surface area contributed by atoms with Crippen LogP contribution in [0.15, 0.2) is 0 Å². The predicted molar refractivity (Wildman–Crippen MR) is 65.0 cm³/mol. The molecule has 0 amide bonds. The third-order valence-corrected chi connectivity index (χ3v) is 4.32. The van der Waals surface area contributed by atoms with E-state index in [4.69, 9.17) is 19.8 Å². The molecule has 0 saturated carbocycles. The average molecular weight is 370 g/mol. The highest BCUT2D eigenvalue weighted by Crippen LogP contribution is 2.57. The van der Waals surface area contributed by atoms with Gasteiger partial charge in [0.05, 0.1) is 6.61 Å². The molecule has 132 valence electrons. The SMILES string of the molecule is O=C(CO)[C@@H](O)[C@H](O)[C@@H](O)[C@H](O)COP(=O)(O)OP(=O)(O)O. The van der Waals surface area contributed by atoms with Gasteiger partial charge in [-0.25, -0.2) is 9.13 Å². The van der Waals surface area contributed by atoms with Crippen molar-refractivity contribution >= 4 is 21.4 Å². The molecule has 1 unspecified atom stereocenters. The molecule has 0 aliphatic carbocycles. The fourth-order valence-electron chi connectivity index (χ4n) is 1.13. The van der Waals surface area contributed by atoms with E-state index in [1.54, 1.807) is 0 Å². The Hall–Kier alpha value is -0.270. The number of Topliss-reactive ketones (excluding diaryl/α,β-unsaturated/α-hetero) is 1. The van der Waals surface area contributed by atoms with Crippen molar-refractivity contribution in [2.75, 3.05) is 13.2 Å². The van der Waals surface area contributed by atoms with Gasteiger partial charge in [0, 0.05) is 0 Å². The maximum Gasteiger partial charge on any atom is 0.481 e. The Kier molecular flexibility index (Phi) is 8.44. The van der Waals surface area contributed by atoms with Gasteiger partial charge >= 0.3 is 15.6 Å². The zero-order valence-electron chi connectivity index (χ0n) is 10.7. The molecule has 0 rings (SSSR count). The van der Waals surface area contributed by atoms with Crippen LogP contribution in [0.5, 0.6) is 0 Å². The highest BCUT2D eigenvalue weighted by molar-refractivity contribution is 7.60.